The number of aryl methyl sites for hydroxylation is 1. The number of Topliss-reactive ketones (excluding diaryl/α,β-unsaturated/α-hetero) is 1. The number of pyridine rings is 1. The molecule has 0 radical (unpaired) electrons. The first-order chi connectivity index (χ1) is 12.4. The van der Waals surface area contributed by atoms with Crippen LogP contribution >= 0.6 is 0 Å². The van der Waals surface area contributed by atoms with E-state index in [1.807, 2.05) is 18.2 Å². The van der Waals surface area contributed by atoms with Crippen LogP contribution in [-0.2, 0) is 6.42 Å². The molecule has 130 valence electrons. The fourth-order valence-electron chi connectivity index (χ4n) is 3.79. The molecule has 0 fully saturated rings. The third-order valence-electron chi connectivity index (χ3n) is 5.09. The van der Waals surface area contributed by atoms with Crippen LogP contribution < -0.4 is 0 Å². The van der Waals surface area contributed by atoms with Crippen molar-refractivity contribution in [1.29, 1.82) is 0 Å². The monoisotopic (exact) mass is 341 g/mol. The van der Waals surface area contributed by atoms with Gasteiger partial charge in [0, 0.05) is 17.5 Å². The number of hydrogen-bond donors (Lipinski definition) is 0. The van der Waals surface area contributed by atoms with E-state index in [0.29, 0.717) is 6.42 Å². The Morgan fingerprint density at radius 3 is 2.27 bits per heavy atom. The average Bonchev–Trinajstić information content (AvgIpc) is 2.61. The highest BCUT2D eigenvalue weighted by Crippen LogP contribution is 2.39. The molecule has 0 aliphatic heterocycles. The molecule has 1 heterocycles. The zero-order chi connectivity index (χ0) is 18.3. The minimum Gasteiger partial charge on any atom is -0.294 e. The van der Waals surface area contributed by atoms with Gasteiger partial charge in [-0.3, -0.25) is 9.78 Å². The van der Waals surface area contributed by atoms with Gasteiger partial charge in [-0.15, -0.1) is 0 Å². The van der Waals surface area contributed by atoms with Crippen molar-refractivity contribution in [3.63, 3.8) is 0 Å². The Balaban J connectivity index is 1.96. The zero-order valence-corrected chi connectivity index (χ0v) is 15.5. The van der Waals surface area contributed by atoms with E-state index in [2.05, 4.69) is 63.2 Å². The molecule has 3 aromatic rings. The van der Waals surface area contributed by atoms with Gasteiger partial charge in [0.15, 0.2) is 5.78 Å². The first-order valence-corrected chi connectivity index (χ1v) is 9.12. The van der Waals surface area contributed by atoms with E-state index in [1.165, 1.54) is 5.56 Å². The summed E-state index contributed by atoms with van der Waals surface area (Å²) in [5.74, 6) is 0.207. The van der Waals surface area contributed by atoms with Gasteiger partial charge in [0.1, 0.15) is 0 Å². The van der Waals surface area contributed by atoms with Crippen LogP contribution in [0.2, 0.25) is 0 Å². The molecule has 4 rings (SSSR count). The molecule has 2 nitrogen and oxygen atoms in total. The molecule has 1 aliphatic carbocycles. The van der Waals surface area contributed by atoms with Crippen LogP contribution in [0.1, 0.15) is 41.9 Å². The summed E-state index contributed by atoms with van der Waals surface area (Å²) in [7, 11) is 0. The summed E-state index contributed by atoms with van der Waals surface area (Å²) in [6, 6.07) is 20.7. The average molecular weight is 341 g/mol. The molecule has 0 spiro atoms. The summed E-state index contributed by atoms with van der Waals surface area (Å²) < 4.78 is 0. The fourth-order valence-corrected chi connectivity index (χ4v) is 3.79. The third-order valence-corrected chi connectivity index (χ3v) is 5.09. The molecule has 0 bridgehead atoms. The molecule has 2 aromatic carbocycles. The number of benzene rings is 2. The van der Waals surface area contributed by atoms with Gasteiger partial charge >= 0.3 is 0 Å². The molecule has 0 N–H and O–H groups in total. The standard InChI is InChI=1S/C24H23NO/c1-16-9-11-18(12-10-16)20-13-19(17-7-5-4-6-8-17)23-21(25-20)14-24(2,3)15-22(23)26/h4-13H,14-15H2,1-3H3. The zero-order valence-electron chi connectivity index (χ0n) is 15.5. The van der Waals surface area contributed by atoms with Gasteiger partial charge in [-0.25, -0.2) is 0 Å². The van der Waals surface area contributed by atoms with Crippen LogP contribution in [0.5, 0.6) is 0 Å². The number of aromatic nitrogens is 1. The van der Waals surface area contributed by atoms with Crippen LogP contribution in [0.25, 0.3) is 22.4 Å². The van der Waals surface area contributed by atoms with Gasteiger partial charge in [-0.1, -0.05) is 74.0 Å². The summed E-state index contributed by atoms with van der Waals surface area (Å²) in [6.07, 6.45) is 1.40. The molecule has 1 aliphatic rings. The van der Waals surface area contributed by atoms with E-state index >= 15 is 0 Å². The molecule has 0 amide bonds. The van der Waals surface area contributed by atoms with Crippen molar-refractivity contribution in [2.24, 2.45) is 5.41 Å². The maximum absolute atomic E-state index is 12.9. The topological polar surface area (TPSA) is 30.0 Å². The van der Waals surface area contributed by atoms with E-state index in [0.717, 1.165) is 40.1 Å². The first-order valence-electron chi connectivity index (χ1n) is 9.12. The maximum Gasteiger partial charge on any atom is 0.165 e. The van der Waals surface area contributed by atoms with E-state index in [4.69, 9.17) is 4.98 Å². The van der Waals surface area contributed by atoms with Crippen molar-refractivity contribution < 1.29 is 4.79 Å². The first kappa shape index (κ1) is 16.7. The number of carbonyl (C=O) groups excluding carboxylic acids is 1. The Morgan fingerprint density at radius 1 is 0.885 bits per heavy atom. The molecule has 1 aromatic heterocycles. The Bertz CT molecular complexity index is 969. The number of carbonyl (C=O) groups is 1. The Hall–Kier alpha value is -2.74. The second-order valence-corrected chi connectivity index (χ2v) is 8.05. The van der Waals surface area contributed by atoms with Gasteiger partial charge in [-0.05, 0) is 36.0 Å². The van der Waals surface area contributed by atoms with E-state index in [-0.39, 0.29) is 11.2 Å². The Morgan fingerprint density at radius 2 is 1.58 bits per heavy atom. The highest BCUT2D eigenvalue weighted by molar-refractivity contribution is 6.05. The third kappa shape index (κ3) is 3.08. The molecule has 26 heavy (non-hydrogen) atoms. The van der Waals surface area contributed by atoms with E-state index in [9.17, 15) is 4.79 Å². The van der Waals surface area contributed by atoms with Gasteiger partial charge < -0.3 is 0 Å². The second-order valence-electron chi connectivity index (χ2n) is 8.05. The minimum atomic E-state index is -0.0447. The Labute approximate surface area is 154 Å². The number of rotatable bonds is 2. The quantitative estimate of drug-likeness (QED) is 0.582. The SMILES string of the molecule is Cc1ccc(-c2cc(-c3ccccc3)c3c(n2)CC(C)(C)CC3=O)cc1. The van der Waals surface area contributed by atoms with Gasteiger partial charge in [-0.2, -0.15) is 0 Å². The van der Waals surface area contributed by atoms with Crippen LogP contribution in [-0.4, -0.2) is 10.8 Å². The molecular weight excluding hydrogens is 318 g/mol. The van der Waals surface area contributed by atoms with Crippen LogP contribution in [0.4, 0.5) is 0 Å². The molecule has 2 heteroatoms. The van der Waals surface area contributed by atoms with Crippen molar-refractivity contribution in [2.75, 3.05) is 0 Å². The smallest absolute Gasteiger partial charge is 0.165 e. The lowest BCUT2D eigenvalue weighted by molar-refractivity contribution is 0.0911. The minimum absolute atomic E-state index is 0.0447. The Kier molecular flexibility index (Phi) is 3.99. The summed E-state index contributed by atoms with van der Waals surface area (Å²) in [4.78, 5) is 17.9. The summed E-state index contributed by atoms with van der Waals surface area (Å²) in [5.41, 5.74) is 7.04. The van der Waals surface area contributed by atoms with Crippen molar-refractivity contribution in [3.05, 3.63) is 77.5 Å². The van der Waals surface area contributed by atoms with E-state index in [1.54, 1.807) is 0 Å². The van der Waals surface area contributed by atoms with Crippen molar-refractivity contribution in [3.8, 4) is 22.4 Å². The molecule has 0 atom stereocenters. The molecule has 0 saturated carbocycles. The lowest BCUT2D eigenvalue weighted by atomic mass is 9.74. The lowest BCUT2D eigenvalue weighted by Crippen LogP contribution is -2.28. The van der Waals surface area contributed by atoms with Gasteiger partial charge in [0.25, 0.3) is 0 Å². The number of ketones is 1. The lowest BCUT2D eigenvalue weighted by Gasteiger charge is -2.31. The van der Waals surface area contributed by atoms with E-state index < -0.39 is 0 Å². The number of hydrogen-bond acceptors (Lipinski definition) is 2. The normalized spacial score (nSPS) is 15.6. The van der Waals surface area contributed by atoms with Crippen LogP contribution in [0.15, 0.2) is 60.7 Å². The fraction of sp³-hybridized carbons (Fsp3) is 0.250. The summed E-state index contributed by atoms with van der Waals surface area (Å²) >= 11 is 0. The van der Waals surface area contributed by atoms with Crippen LogP contribution in [0, 0.1) is 12.3 Å². The molecular formula is C24H23NO. The highest BCUT2D eigenvalue weighted by atomic mass is 16.1. The molecule has 0 saturated heterocycles. The highest BCUT2D eigenvalue weighted by Gasteiger charge is 2.34. The van der Waals surface area contributed by atoms with Crippen LogP contribution in [0.3, 0.4) is 0 Å². The number of nitrogens with zero attached hydrogens (tertiary/aromatic N) is 1. The van der Waals surface area contributed by atoms with Crippen molar-refractivity contribution in [2.45, 2.75) is 33.6 Å². The van der Waals surface area contributed by atoms with Crippen molar-refractivity contribution in [1.82, 2.24) is 4.98 Å². The van der Waals surface area contributed by atoms with Gasteiger partial charge in [0.05, 0.1) is 11.4 Å². The molecule has 0 unspecified atom stereocenters. The number of fused-ring (bicyclic) bond motifs is 1. The van der Waals surface area contributed by atoms with Gasteiger partial charge in [0.2, 0.25) is 0 Å². The summed E-state index contributed by atoms with van der Waals surface area (Å²) in [5, 5.41) is 0. The summed E-state index contributed by atoms with van der Waals surface area (Å²) in [6.45, 7) is 6.38. The maximum atomic E-state index is 12.9. The second kappa shape index (κ2) is 6.21. The van der Waals surface area contributed by atoms with Crippen molar-refractivity contribution >= 4 is 5.78 Å². The largest absolute Gasteiger partial charge is 0.294 e. The predicted octanol–water partition coefficient (Wildman–Crippen LogP) is 5.88. The predicted molar refractivity (Wildman–Crippen MR) is 106 cm³/mol.